The van der Waals surface area contributed by atoms with Crippen LogP contribution < -0.4 is 15.1 Å². The number of H-pyrrole nitrogens is 1. The smallest absolute Gasteiger partial charge is 0.207 e. The second-order valence-electron chi connectivity index (χ2n) is 6.88. The number of aromatic amines is 1. The number of aromatic nitrogens is 1. The Hall–Kier alpha value is -3.37. The van der Waals surface area contributed by atoms with Crippen LogP contribution in [0.2, 0.25) is 0 Å². The first-order valence-corrected chi connectivity index (χ1v) is 9.35. The largest absolute Gasteiger partial charge is 0.497 e. The maximum absolute atomic E-state index is 15.3. The molecule has 0 unspecified atom stereocenters. The molecule has 1 aliphatic heterocycles. The van der Waals surface area contributed by atoms with Crippen molar-refractivity contribution in [1.29, 1.82) is 5.26 Å². The van der Waals surface area contributed by atoms with Crippen molar-refractivity contribution in [3.8, 4) is 11.8 Å². The highest BCUT2D eigenvalue weighted by Crippen LogP contribution is 2.33. The molecule has 1 N–H and O–H groups in total. The van der Waals surface area contributed by atoms with Crippen LogP contribution in [0, 0.1) is 17.1 Å². The highest BCUT2D eigenvalue weighted by molar-refractivity contribution is 5.88. The van der Waals surface area contributed by atoms with Gasteiger partial charge in [-0.05, 0) is 23.8 Å². The van der Waals surface area contributed by atoms with E-state index in [0.717, 1.165) is 11.3 Å². The molecule has 0 atom stereocenters. The number of hydrogen-bond donors (Lipinski definition) is 1. The van der Waals surface area contributed by atoms with Crippen molar-refractivity contribution in [3.05, 3.63) is 69.3 Å². The summed E-state index contributed by atoms with van der Waals surface area (Å²) < 4.78 is 25.9. The van der Waals surface area contributed by atoms with E-state index in [-0.39, 0.29) is 10.9 Å². The molecule has 3 aromatic rings. The predicted molar refractivity (Wildman–Crippen MR) is 108 cm³/mol. The quantitative estimate of drug-likeness (QED) is 0.737. The van der Waals surface area contributed by atoms with Gasteiger partial charge in [-0.15, -0.1) is 0 Å². The number of nitriles is 1. The topological polar surface area (TPSA) is 78.3 Å². The number of methoxy groups -OCH3 is 1. The zero-order valence-electron chi connectivity index (χ0n) is 16.0. The SMILES string of the molecule is COc1ccc(Cc2c(N3CCOCC3)c(F)cc3c(=O)c(C#N)c[nH]c23)cc1. The summed E-state index contributed by atoms with van der Waals surface area (Å²) in [5, 5.41) is 9.34. The molecule has 1 aromatic heterocycles. The summed E-state index contributed by atoms with van der Waals surface area (Å²) in [5.74, 6) is 0.266. The summed E-state index contributed by atoms with van der Waals surface area (Å²) in [5.41, 5.74) is 2.16. The number of halogens is 1. The first kappa shape index (κ1) is 19.0. The molecule has 1 aliphatic rings. The van der Waals surface area contributed by atoms with Crippen LogP contribution in [-0.4, -0.2) is 38.4 Å². The second-order valence-corrected chi connectivity index (χ2v) is 6.88. The number of fused-ring (bicyclic) bond motifs is 1. The number of rotatable bonds is 4. The number of nitrogens with zero attached hydrogens (tertiary/aromatic N) is 2. The summed E-state index contributed by atoms with van der Waals surface area (Å²) in [6.45, 7) is 2.17. The molecule has 2 heterocycles. The van der Waals surface area contributed by atoms with E-state index in [4.69, 9.17) is 14.7 Å². The Morgan fingerprint density at radius 3 is 2.66 bits per heavy atom. The minimum atomic E-state index is -0.469. The number of hydrogen-bond acceptors (Lipinski definition) is 5. The zero-order valence-corrected chi connectivity index (χ0v) is 16.0. The number of nitrogens with one attached hydrogen (secondary N) is 1. The molecule has 0 saturated carbocycles. The average Bonchev–Trinajstić information content (AvgIpc) is 2.76. The van der Waals surface area contributed by atoms with Crippen molar-refractivity contribution in [2.75, 3.05) is 38.3 Å². The van der Waals surface area contributed by atoms with E-state index < -0.39 is 11.2 Å². The van der Waals surface area contributed by atoms with Gasteiger partial charge < -0.3 is 19.4 Å². The Bertz CT molecular complexity index is 1140. The van der Waals surface area contributed by atoms with Gasteiger partial charge in [-0.1, -0.05) is 12.1 Å². The van der Waals surface area contributed by atoms with Crippen LogP contribution in [0.4, 0.5) is 10.1 Å². The van der Waals surface area contributed by atoms with Crippen LogP contribution in [0.15, 0.2) is 41.3 Å². The van der Waals surface area contributed by atoms with Crippen molar-refractivity contribution in [2.24, 2.45) is 0 Å². The molecule has 4 rings (SSSR count). The van der Waals surface area contributed by atoms with Crippen molar-refractivity contribution in [2.45, 2.75) is 6.42 Å². The molecule has 29 heavy (non-hydrogen) atoms. The molecule has 6 nitrogen and oxygen atoms in total. The fraction of sp³-hybridized carbons (Fsp3) is 0.273. The molecule has 2 aromatic carbocycles. The fourth-order valence-corrected chi connectivity index (χ4v) is 3.72. The summed E-state index contributed by atoms with van der Waals surface area (Å²) in [4.78, 5) is 17.6. The zero-order chi connectivity index (χ0) is 20.4. The highest BCUT2D eigenvalue weighted by Gasteiger charge is 2.23. The van der Waals surface area contributed by atoms with E-state index in [1.807, 2.05) is 35.2 Å². The molecule has 1 saturated heterocycles. The van der Waals surface area contributed by atoms with Gasteiger partial charge in [-0.2, -0.15) is 5.26 Å². The highest BCUT2D eigenvalue weighted by atomic mass is 19.1. The van der Waals surface area contributed by atoms with Crippen LogP contribution >= 0.6 is 0 Å². The van der Waals surface area contributed by atoms with Crippen molar-refractivity contribution < 1.29 is 13.9 Å². The Balaban J connectivity index is 1.92. The van der Waals surface area contributed by atoms with Crippen LogP contribution in [0.3, 0.4) is 0 Å². The van der Waals surface area contributed by atoms with E-state index in [1.54, 1.807) is 7.11 Å². The van der Waals surface area contributed by atoms with E-state index in [9.17, 15) is 4.79 Å². The van der Waals surface area contributed by atoms with Crippen molar-refractivity contribution in [3.63, 3.8) is 0 Å². The normalized spacial score (nSPS) is 14.0. The average molecular weight is 393 g/mol. The standard InChI is InChI=1S/C22H20FN3O3/c1-28-16-4-2-14(3-5-16)10-17-20-18(22(27)15(12-24)13-25-20)11-19(23)21(17)26-6-8-29-9-7-26/h2-5,11,13H,6-10H2,1H3,(H,25,27). The number of benzene rings is 2. The maximum Gasteiger partial charge on any atom is 0.207 e. The van der Waals surface area contributed by atoms with Crippen LogP contribution in [0.1, 0.15) is 16.7 Å². The second kappa shape index (κ2) is 7.94. The predicted octanol–water partition coefficient (Wildman–Crippen LogP) is 2.97. The van der Waals surface area contributed by atoms with E-state index in [1.165, 1.54) is 12.3 Å². The van der Waals surface area contributed by atoms with Gasteiger partial charge in [0.15, 0.2) is 0 Å². The van der Waals surface area contributed by atoms with Crippen LogP contribution in [0.25, 0.3) is 10.9 Å². The van der Waals surface area contributed by atoms with Gasteiger partial charge in [0.05, 0.1) is 36.9 Å². The minimum absolute atomic E-state index is 0.0357. The van der Waals surface area contributed by atoms with E-state index in [2.05, 4.69) is 4.98 Å². The molecule has 7 heteroatoms. The molecule has 0 bridgehead atoms. The van der Waals surface area contributed by atoms with Gasteiger partial charge in [0, 0.05) is 31.3 Å². The molecule has 0 aliphatic carbocycles. The summed E-state index contributed by atoms with van der Waals surface area (Å²) in [6, 6.07) is 10.6. The fourth-order valence-electron chi connectivity index (χ4n) is 3.72. The molecule has 0 radical (unpaired) electrons. The Morgan fingerprint density at radius 2 is 2.00 bits per heavy atom. The molecular weight excluding hydrogens is 373 g/mol. The van der Waals surface area contributed by atoms with Crippen LogP contribution in [-0.2, 0) is 11.2 Å². The maximum atomic E-state index is 15.3. The van der Waals surface area contributed by atoms with Gasteiger partial charge in [0.25, 0.3) is 0 Å². The third-order valence-corrected chi connectivity index (χ3v) is 5.19. The van der Waals surface area contributed by atoms with Gasteiger partial charge in [-0.3, -0.25) is 4.79 Å². The molecule has 1 fully saturated rings. The molecular formula is C22H20FN3O3. The summed E-state index contributed by atoms with van der Waals surface area (Å²) in [6.07, 6.45) is 1.82. The summed E-state index contributed by atoms with van der Waals surface area (Å²) >= 11 is 0. The Morgan fingerprint density at radius 1 is 1.28 bits per heavy atom. The van der Waals surface area contributed by atoms with Gasteiger partial charge in [0.2, 0.25) is 5.43 Å². The lowest BCUT2D eigenvalue weighted by Gasteiger charge is -2.31. The van der Waals surface area contributed by atoms with Crippen molar-refractivity contribution >= 4 is 16.6 Å². The molecule has 148 valence electrons. The first-order chi connectivity index (χ1) is 14.1. The third-order valence-electron chi connectivity index (χ3n) is 5.19. The lowest BCUT2D eigenvalue weighted by molar-refractivity contribution is 0.122. The van der Waals surface area contributed by atoms with Crippen molar-refractivity contribution in [1.82, 2.24) is 4.98 Å². The van der Waals surface area contributed by atoms with Gasteiger partial charge >= 0.3 is 0 Å². The summed E-state index contributed by atoms with van der Waals surface area (Å²) in [7, 11) is 1.60. The minimum Gasteiger partial charge on any atom is -0.497 e. The monoisotopic (exact) mass is 393 g/mol. The first-order valence-electron chi connectivity index (χ1n) is 9.35. The number of ether oxygens (including phenoxy) is 2. The lowest BCUT2D eigenvalue weighted by atomic mass is 9.97. The molecule has 0 amide bonds. The third kappa shape index (κ3) is 3.55. The molecule has 0 spiro atoms. The number of anilines is 1. The Kier molecular flexibility index (Phi) is 5.19. The number of morpholine rings is 1. The Labute approximate surface area is 167 Å². The van der Waals surface area contributed by atoms with E-state index >= 15 is 4.39 Å². The van der Waals surface area contributed by atoms with Gasteiger partial charge in [0.1, 0.15) is 23.2 Å². The van der Waals surface area contributed by atoms with Crippen LogP contribution in [0.5, 0.6) is 5.75 Å². The lowest BCUT2D eigenvalue weighted by Crippen LogP contribution is -2.37. The van der Waals surface area contributed by atoms with E-state index in [0.29, 0.717) is 49.5 Å². The number of pyridine rings is 1. The van der Waals surface area contributed by atoms with Gasteiger partial charge in [-0.25, -0.2) is 4.39 Å².